The van der Waals surface area contributed by atoms with Crippen LogP contribution in [0.2, 0.25) is 0 Å². The van der Waals surface area contributed by atoms with Crippen molar-refractivity contribution in [2.45, 2.75) is 44.4 Å². The van der Waals surface area contributed by atoms with Crippen molar-refractivity contribution >= 4 is 5.91 Å². The highest BCUT2D eigenvalue weighted by Crippen LogP contribution is 2.30. The second-order valence-corrected chi connectivity index (χ2v) is 8.26. The van der Waals surface area contributed by atoms with E-state index in [1.807, 2.05) is 17.0 Å². The standard InChI is InChI=1S/C22H32N2O4/c1-26-20-9-7-18(8-10-20)15-23-11-4-13-27-22(16-23)17-24(12-14-28-22)21(25)19-5-2-3-6-19/h7-10,19H,2-6,11-17H2,1H3. The second kappa shape index (κ2) is 8.80. The van der Waals surface area contributed by atoms with Crippen LogP contribution in [0.4, 0.5) is 0 Å². The fourth-order valence-electron chi connectivity index (χ4n) is 4.70. The first kappa shape index (κ1) is 19.7. The lowest BCUT2D eigenvalue weighted by atomic mass is 10.1. The molecule has 2 heterocycles. The van der Waals surface area contributed by atoms with E-state index in [0.29, 0.717) is 38.8 Å². The van der Waals surface area contributed by atoms with E-state index in [1.54, 1.807) is 7.11 Å². The summed E-state index contributed by atoms with van der Waals surface area (Å²) in [6, 6.07) is 8.21. The lowest BCUT2D eigenvalue weighted by Crippen LogP contribution is -2.59. The number of amides is 1. The quantitative estimate of drug-likeness (QED) is 0.794. The van der Waals surface area contributed by atoms with Crippen LogP contribution < -0.4 is 4.74 Å². The SMILES string of the molecule is COc1ccc(CN2CCCOC3(C2)CN(C(=O)C2CCCC2)CCO3)cc1. The van der Waals surface area contributed by atoms with Crippen LogP contribution in [-0.2, 0) is 20.8 Å². The zero-order valence-corrected chi connectivity index (χ0v) is 16.9. The van der Waals surface area contributed by atoms with E-state index < -0.39 is 5.79 Å². The number of hydrogen-bond donors (Lipinski definition) is 0. The minimum absolute atomic E-state index is 0.205. The van der Waals surface area contributed by atoms with Gasteiger partial charge < -0.3 is 19.1 Å². The molecule has 2 aliphatic heterocycles. The van der Waals surface area contributed by atoms with Crippen molar-refractivity contribution in [2.24, 2.45) is 5.92 Å². The molecule has 6 nitrogen and oxygen atoms in total. The van der Waals surface area contributed by atoms with E-state index in [9.17, 15) is 4.79 Å². The molecular weight excluding hydrogens is 356 g/mol. The number of rotatable bonds is 4. The monoisotopic (exact) mass is 388 g/mol. The number of benzene rings is 1. The molecule has 0 aromatic heterocycles. The van der Waals surface area contributed by atoms with Crippen molar-refractivity contribution in [3.8, 4) is 5.75 Å². The van der Waals surface area contributed by atoms with Gasteiger partial charge in [0.2, 0.25) is 5.91 Å². The van der Waals surface area contributed by atoms with Gasteiger partial charge in [-0.1, -0.05) is 25.0 Å². The van der Waals surface area contributed by atoms with Gasteiger partial charge in [-0.25, -0.2) is 0 Å². The Morgan fingerprint density at radius 3 is 2.57 bits per heavy atom. The maximum Gasteiger partial charge on any atom is 0.225 e. The largest absolute Gasteiger partial charge is 0.497 e. The third kappa shape index (κ3) is 4.50. The van der Waals surface area contributed by atoms with Gasteiger partial charge in [-0.2, -0.15) is 0 Å². The summed E-state index contributed by atoms with van der Waals surface area (Å²) in [5.74, 6) is 0.678. The summed E-state index contributed by atoms with van der Waals surface area (Å²) in [4.78, 5) is 17.3. The molecule has 0 N–H and O–H groups in total. The van der Waals surface area contributed by atoms with Crippen LogP contribution in [0.1, 0.15) is 37.7 Å². The van der Waals surface area contributed by atoms with Crippen LogP contribution in [0.5, 0.6) is 5.75 Å². The van der Waals surface area contributed by atoms with Crippen molar-refractivity contribution in [3.63, 3.8) is 0 Å². The van der Waals surface area contributed by atoms with E-state index in [2.05, 4.69) is 17.0 Å². The van der Waals surface area contributed by atoms with Gasteiger partial charge in [0.15, 0.2) is 5.79 Å². The van der Waals surface area contributed by atoms with Crippen LogP contribution >= 0.6 is 0 Å². The smallest absolute Gasteiger partial charge is 0.225 e. The van der Waals surface area contributed by atoms with Crippen molar-refractivity contribution in [1.82, 2.24) is 9.80 Å². The van der Waals surface area contributed by atoms with Gasteiger partial charge in [0.05, 0.1) is 33.4 Å². The molecule has 1 unspecified atom stereocenters. The number of morpholine rings is 1. The summed E-state index contributed by atoms with van der Waals surface area (Å²) in [7, 11) is 1.68. The lowest BCUT2D eigenvalue weighted by Gasteiger charge is -2.43. The van der Waals surface area contributed by atoms with E-state index in [0.717, 1.165) is 38.1 Å². The Morgan fingerprint density at radius 1 is 1.07 bits per heavy atom. The van der Waals surface area contributed by atoms with Crippen LogP contribution in [0.25, 0.3) is 0 Å². The summed E-state index contributed by atoms with van der Waals surface area (Å²) in [5.41, 5.74) is 1.24. The third-order valence-corrected chi connectivity index (χ3v) is 6.19. The average molecular weight is 389 g/mol. The van der Waals surface area contributed by atoms with Crippen molar-refractivity contribution < 1.29 is 19.0 Å². The maximum atomic E-state index is 12.9. The molecule has 1 aromatic rings. The molecule has 1 spiro atoms. The molecule has 1 saturated carbocycles. The Morgan fingerprint density at radius 2 is 1.82 bits per heavy atom. The molecule has 4 rings (SSSR count). The molecule has 6 heteroatoms. The fourth-order valence-corrected chi connectivity index (χ4v) is 4.70. The first-order chi connectivity index (χ1) is 13.7. The maximum absolute atomic E-state index is 12.9. The molecule has 1 aromatic carbocycles. The van der Waals surface area contributed by atoms with Gasteiger partial charge in [-0.3, -0.25) is 9.69 Å². The Bertz CT molecular complexity index is 659. The molecule has 3 fully saturated rings. The van der Waals surface area contributed by atoms with Gasteiger partial charge in [0.1, 0.15) is 5.75 Å². The van der Waals surface area contributed by atoms with E-state index in [-0.39, 0.29) is 5.92 Å². The van der Waals surface area contributed by atoms with Crippen LogP contribution in [0, 0.1) is 5.92 Å². The summed E-state index contributed by atoms with van der Waals surface area (Å²) in [6.07, 6.45) is 5.40. The summed E-state index contributed by atoms with van der Waals surface area (Å²) < 4.78 is 17.6. The molecule has 154 valence electrons. The highest BCUT2D eigenvalue weighted by molar-refractivity contribution is 5.79. The van der Waals surface area contributed by atoms with Crippen LogP contribution in [0.3, 0.4) is 0 Å². The molecule has 1 aliphatic carbocycles. The third-order valence-electron chi connectivity index (χ3n) is 6.19. The second-order valence-electron chi connectivity index (χ2n) is 8.26. The molecule has 28 heavy (non-hydrogen) atoms. The van der Waals surface area contributed by atoms with Crippen molar-refractivity contribution in [3.05, 3.63) is 29.8 Å². The average Bonchev–Trinajstić information content (AvgIpc) is 3.19. The predicted molar refractivity (Wildman–Crippen MR) is 106 cm³/mol. The van der Waals surface area contributed by atoms with Crippen molar-refractivity contribution in [2.75, 3.05) is 46.5 Å². The fraction of sp³-hybridized carbons (Fsp3) is 0.682. The molecule has 2 saturated heterocycles. The van der Waals surface area contributed by atoms with Crippen LogP contribution in [0.15, 0.2) is 24.3 Å². The molecule has 1 atom stereocenters. The molecule has 0 bridgehead atoms. The minimum atomic E-state index is -0.699. The first-order valence-corrected chi connectivity index (χ1v) is 10.6. The zero-order valence-electron chi connectivity index (χ0n) is 16.9. The number of methoxy groups -OCH3 is 1. The van der Waals surface area contributed by atoms with Gasteiger partial charge in [0, 0.05) is 25.6 Å². The minimum Gasteiger partial charge on any atom is -0.497 e. The Balaban J connectivity index is 1.42. The van der Waals surface area contributed by atoms with Gasteiger partial charge in [0.25, 0.3) is 0 Å². The van der Waals surface area contributed by atoms with Crippen LogP contribution in [-0.4, -0.2) is 68.0 Å². The normalized spacial score (nSPS) is 27.1. The summed E-state index contributed by atoms with van der Waals surface area (Å²) >= 11 is 0. The summed E-state index contributed by atoms with van der Waals surface area (Å²) in [6.45, 7) is 4.94. The highest BCUT2D eigenvalue weighted by atomic mass is 16.7. The van der Waals surface area contributed by atoms with Gasteiger partial charge >= 0.3 is 0 Å². The molecule has 3 aliphatic rings. The number of carbonyl (C=O) groups excluding carboxylic acids is 1. The molecular formula is C22H32N2O4. The molecule has 0 radical (unpaired) electrons. The first-order valence-electron chi connectivity index (χ1n) is 10.6. The number of carbonyl (C=O) groups is 1. The summed E-state index contributed by atoms with van der Waals surface area (Å²) in [5, 5.41) is 0. The zero-order chi connectivity index (χ0) is 19.4. The number of nitrogens with zero attached hydrogens (tertiary/aromatic N) is 2. The van der Waals surface area contributed by atoms with E-state index in [1.165, 1.54) is 18.4 Å². The number of ether oxygens (including phenoxy) is 3. The van der Waals surface area contributed by atoms with Crippen molar-refractivity contribution in [1.29, 1.82) is 0 Å². The molecule has 1 amide bonds. The Kier molecular flexibility index (Phi) is 6.19. The number of hydrogen-bond acceptors (Lipinski definition) is 5. The Hall–Kier alpha value is -1.63. The Labute approximate surface area is 167 Å². The van der Waals surface area contributed by atoms with E-state index in [4.69, 9.17) is 14.2 Å². The lowest BCUT2D eigenvalue weighted by molar-refractivity contribution is -0.265. The van der Waals surface area contributed by atoms with Gasteiger partial charge in [-0.15, -0.1) is 0 Å². The topological polar surface area (TPSA) is 51.2 Å². The van der Waals surface area contributed by atoms with E-state index >= 15 is 0 Å². The predicted octanol–water partition coefficient (Wildman–Crippen LogP) is 2.66. The highest BCUT2D eigenvalue weighted by Gasteiger charge is 2.43. The van der Waals surface area contributed by atoms with Gasteiger partial charge in [-0.05, 0) is 37.0 Å².